The molecule has 2 aromatic carbocycles. The van der Waals surface area contributed by atoms with Gasteiger partial charge in [-0.1, -0.05) is 19.1 Å². The molecule has 2 aromatic rings. The Hall–Kier alpha value is -1.74. The summed E-state index contributed by atoms with van der Waals surface area (Å²) < 4.78 is 32.9. The summed E-state index contributed by atoms with van der Waals surface area (Å²) >= 11 is 3.30. The number of morpholine rings is 1. The number of amides is 1. The standard InChI is InChI=1S/C19H21BrN2O4S/c1-2-14-3-6-16(7-4-14)21-19(23)15-5-8-17(20)18(13-15)27(24,25)22-9-11-26-12-10-22/h3-8,13H,2,9-12H2,1H3,(H,21,23). The highest BCUT2D eigenvalue weighted by molar-refractivity contribution is 9.10. The highest BCUT2D eigenvalue weighted by Gasteiger charge is 2.29. The lowest BCUT2D eigenvalue weighted by Crippen LogP contribution is -2.40. The van der Waals surface area contributed by atoms with Gasteiger partial charge in [-0.05, 0) is 58.2 Å². The molecule has 3 rings (SSSR count). The lowest BCUT2D eigenvalue weighted by Gasteiger charge is -2.26. The zero-order chi connectivity index (χ0) is 19.4. The van der Waals surface area contributed by atoms with E-state index in [9.17, 15) is 13.2 Å². The van der Waals surface area contributed by atoms with Crippen LogP contribution in [0, 0.1) is 0 Å². The maximum Gasteiger partial charge on any atom is 0.255 e. The minimum absolute atomic E-state index is 0.0818. The van der Waals surface area contributed by atoms with Gasteiger partial charge >= 0.3 is 0 Å². The van der Waals surface area contributed by atoms with Crippen LogP contribution >= 0.6 is 15.9 Å². The minimum Gasteiger partial charge on any atom is -0.379 e. The van der Waals surface area contributed by atoms with Crippen LogP contribution in [0.5, 0.6) is 0 Å². The number of hydrogen-bond donors (Lipinski definition) is 1. The van der Waals surface area contributed by atoms with Crippen LogP contribution in [-0.2, 0) is 21.2 Å². The van der Waals surface area contributed by atoms with Crippen molar-refractivity contribution >= 4 is 37.5 Å². The van der Waals surface area contributed by atoms with Crippen molar-refractivity contribution < 1.29 is 17.9 Å². The van der Waals surface area contributed by atoms with E-state index < -0.39 is 10.0 Å². The van der Waals surface area contributed by atoms with Crippen molar-refractivity contribution in [3.8, 4) is 0 Å². The van der Waals surface area contributed by atoms with Gasteiger partial charge in [0.15, 0.2) is 0 Å². The maximum atomic E-state index is 12.9. The van der Waals surface area contributed by atoms with Gasteiger partial charge in [-0.15, -0.1) is 0 Å². The first-order valence-corrected chi connectivity index (χ1v) is 10.9. The summed E-state index contributed by atoms with van der Waals surface area (Å²) in [6.07, 6.45) is 0.920. The van der Waals surface area contributed by atoms with Gasteiger partial charge in [0.2, 0.25) is 10.0 Å². The van der Waals surface area contributed by atoms with Crippen LogP contribution in [0.4, 0.5) is 5.69 Å². The first-order chi connectivity index (χ1) is 12.9. The van der Waals surface area contributed by atoms with Gasteiger partial charge in [0.05, 0.1) is 18.1 Å². The van der Waals surface area contributed by atoms with Crippen LogP contribution in [0.1, 0.15) is 22.8 Å². The third-order valence-corrected chi connectivity index (χ3v) is 7.29. The number of carbonyl (C=O) groups excluding carboxylic acids is 1. The molecule has 6 nitrogen and oxygen atoms in total. The first kappa shape index (κ1) is 20.0. The van der Waals surface area contributed by atoms with Gasteiger partial charge in [-0.3, -0.25) is 4.79 Å². The molecule has 1 fully saturated rings. The molecule has 1 aliphatic heterocycles. The highest BCUT2D eigenvalue weighted by Crippen LogP contribution is 2.27. The summed E-state index contributed by atoms with van der Waals surface area (Å²) in [5, 5.41) is 2.80. The number of hydrogen-bond acceptors (Lipinski definition) is 4. The number of anilines is 1. The van der Waals surface area contributed by atoms with Crippen LogP contribution in [0.15, 0.2) is 51.8 Å². The Morgan fingerprint density at radius 3 is 2.44 bits per heavy atom. The summed E-state index contributed by atoms with van der Waals surface area (Å²) in [4.78, 5) is 12.7. The van der Waals surface area contributed by atoms with Crippen LogP contribution in [0.25, 0.3) is 0 Å². The van der Waals surface area contributed by atoms with Gasteiger partial charge in [0.25, 0.3) is 5.91 Å². The van der Waals surface area contributed by atoms with Crippen LogP contribution < -0.4 is 5.32 Å². The summed E-state index contributed by atoms with van der Waals surface area (Å²) in [5.74, 6) is -0.356. The minimum atomic E-state index is -3.70. The molecule has 0 aliphatic carbocycles. The van der Waals surface area contributed by atoms with E-state index >= 15 is 0 Å². The Labute approximate surface area is 167 Å². The quantitative estimate of drug-likeness (QED) is 0.754. The predicted molar refractivity (Wildman–Crippen MR) is 107 cm³/mol. The van der Waals surface area contributed by atoms with E-state index in [1.54, 1.807) is 12.1 Å². The molecule has 0 aromatic heterocycles. The van der Waals surface area contributed by atoms with E-state index in [0.717, 1.165) is 6.42 Å². The molecule has 8 heteroatoms. The Morgan fingerprint density at radius 1 is 1.15 bits per heavy atom. The molecule has 144 valence electrons. The van der Waals surface area contributed by atoms with E-state index in [2.05, 4.69) is 28.2 Å². The largest absolute Gasteiger partial charge is 0.379 e. The van der Waals surface area contributed by atoms with E-state index in [1.165, 1.54) is 15.9 Å². The second-order valence-corrected chi connectivity index (χ2v) is 8.93. The van der Waals surface area contributed by atoms with Crippen molar-refractivity contribution in [1.29, 1.82) is 0 Å². The zero-order valence-electron chi connectivity index (χ0n) is 14.9. The van der Waals surface area contributed by atoms with Crippen molar-refractivity contribution in [3.05, 3.63) is 58.1 Å². The molecule has 27 heavy (non-hydrogen) atoms. The first-order valence-electron chi connectivity index (χ1n) is 8.69. The van der Waals surface area contributed by atoms with Crippen LogP contribution in [0.2, 0.25) is 0 Å². The molecule has 1 saturated heterocycles. The second kappa shape index (κ2) is 8.52. The van der Waals surface area contributed by atoms with E-state index in [4.69, 9.17) is 4.74 Å². The molecular formula is C19H21BrN2O4S. The fraction of sp³-hybridized carbons (Fsp3) is 0.316. The number of carbonyl (C=O) groups is 1. The second-order valence-electron chi connectivity index (χ2n) is 6.17. The van der Waals surface area contributed by atoms with Gasteiger partial charge in [-0.2, -0.15) is 4.31 Å². The number of sulfonamides is 1. The monoisotopic (exact) mass is 452 g/mol. The Morgan fingerprint density at radius 2 is 1.81 bits per heavy atom. The molecule has 0 saturated carbocycles. The summed E-state index contributed by atoms with van der Waals surface area (Å²) in [5.41, 5.74) is 2.12. The van der Waals surface area contributed by atoms with Crippen molar-refractivity contribution in [2.24, 2.45) is 0 Å². The SMILES string of the molecule is CCc1ccc(NC(=O)c2ccc(Br)c(S(=O)(=O)N3CCOCC3)c2)cc1. The number of nitrogens with one attached hydrogen (secondary N) is 1. The number of aryl methyl sites for hydroxylation is 1. The van der Waals surface area contributed by atoms with Crippen molar-refractivity contribution in [2.45, 2.75) is 18.2 Å². The van der Waals surface area contributed by atoms with Crippen molar-refractivity contribution in [2.75, 3.05) is 31.6 Å². The molecule has 1 aliphatic rings. The fourth-order valence-corrected chi connectivity index (χ4v) is 5.15. The van der Waals surface area contributed by atoms with Crippen molar-refractivity contribution in [1.82, 2.24) is 4.31 Å². The van der Waals surface area contributed by atoms with Crippen LogP contribution in [-0.4, -0.2) is 44.9 Å². The maximum absolute atomic E-state index is 12.9. The highest BCUT2D eigenvalue weighted by atomic mass is 79.9. The lowest BCUT2D eigenvalue weighted by atomic mass is 10.1. The molecule has 1 amide bonds. The van der Waals surface area contributed by atoms with Crippen LogP contribution in [0.3, 0.4) is 0 Å². The van der Waals surface area contributed by atoms with Gasteiger partial charge in [0.1, 0.15) is 0 Å². The number of ether oxygens (including phenoxy) is 1. The zero-order valence-corrected chi connectivity index (χ0v) is 17.3. The number of halogens is 1. The Balaban J connectivity index is 1.84. The fourth-order valence-electron chi connectivity index (χ4n) is 2.80. The molecular weight excluding hydrogens is 432 g/mol. The van der Waals surface area contributed by atoms with Gasteiger partial charge in [-0.25, -0.2) is 8.42 Å². The average Bonchev–Trinajstić information content (AvgIpc) is 2.69. The summed E-state index contributed by atoms with van der Waals surface area (Å²) in [7, 11) is -3.70. The van der Waals surface area contributed by atoms with Gasteiger partial charge in [0, 0.05) is 28.8 Å². The Kier molecular flexibility index (Phi) is 6.31. The molecule has 1 N–H and O–H groups in total. The third-order valence-electron chi connectivity index (χ3n) is 4.40. The number of benzene rings is 2. The van der Waals surface area contributed by atoms with E-state index in [-0.39, 0.29) is 16.4 Å². The summed E-state index contributed by atoms with van der Waals surface area (Å²) in [6, 6.07) is 12.2. The smallest absolute Gasteiger partial charge is 0.255 e. The lowest BCUT2D eigenvalue weighted by molar-refractivity contribution is 0.0730. The summed E-state index contributed by atoms with van der Waals surface area (Å²) in [6.45, 7) is 3.39. The van der Waals surface area contributed by atoms with E-state index in [0.29, 0.717) is 36.5 Å². The molecule has 0 spiro atoms. The number of nitrogens with zero attached hydrogens (tertiary/aromatic N) is 1. The van der Waals surface area contributed by atoms with E-state index in [1.807, 2.05) is 24.3 Å². The third kappa shape index (κ3) is 4.57. The topological polar surface area (TPSA) is 75.7 Å². The molecule has 0 atom stereocenters. The number of rotatable bonds is 5. The molecule has 1 heterocycles. The molecule has 0 unspecified atom stereocenters. The average molecular weight is 453 g/mol. The van der Waals surface area contributed by atoms with Crippen molar-refractivity contribution in [3.63, 3.8) is 0 Å². The normalized spacial score (nSPS) is 15.5. The Bertz CT molecular complexity index is 923. The predicted octanol–water partition coefficient (Wildman–Crippen LogP) is 3.28. The van der Waals surface area contributed by atoms with Gasteiger partial charge < -0.3 is 10.1 Å². The molecule has 0 radical (unpaired) electrons. The molecule has 0 bridgehead atoms.